The molecule has 0 unspecified atom stereocenters. The molecule has 150 valence electrons. The molecule has 0 fully saturated rings. The molecule has 1 amide bonds. The summed E-state index contributed by atoms with van der Waals surface area (Å²) in [7, 11) is 1.88. The van der Waals surface area contributed by atoms with E-state index < -0.39 is 0 Å². The molecule has 1 atom stereocenters. The van der Waals surface area contributed by atoms with Gasteiger partial charge >= 0.3 is 0 Å². The van der Waals surface area contributed by atoms with Gasteiger partial charge in [-0.2, -0.15) is 0 Å². The first-order valence-electron chi connectivity index (χ1n) is 10.2. The van der Waals surface area contributed by atoms with Gasteiger partial charge < -0.3 is 4.90 Å². The Morgan fingerprint density at radius 1 is 1.07 bits per heavy atom. The van der Waals surface area contributed by atoms with Crippen LogP contribution in [0.4, 0.5) is 0 Å². The van der Waals surface area contributed by atoms with Crippen LogP contribution in [0, 0.1) is 13.8 Å². The van der Waals surface area contributed by atoms with Crippen molar-refractivity contribution < 1.29 is 4.79 Å². The SMILES string of the molecule is CCCC[C@@H](c1cccnc1)N(C)C(=O)c1ccc(-c2ccc(C)c(C)n2)cc1. The van der Waals surface area contributed by atoms with Gasteiger partial charge in [-0.15, -0.1) is 0 Å². The Bertz CT molecular complexity index is 952. The van der Waals surface area contributed by atoms with Crippen LogP contribution in [0.15, 0.2) is 60.9 Å². The number of aryl methyl sites for hydroxylation is 2. The Kier molecular flexibility index (Phi) is 6.76. The van der Waals surface area contributed by atoms with Gasteiger partial charge in [0.15, 0.2) is 0 Å². The molecule has 0 saturated heterocycles. The number of unbranched alkanes of at least 4 members (excludes halogenated alkanes) is 1. The van der Waals surface area contributed by atoms with Gasteiger partial charge in [-0.1, -0.05) is 44.0 Å². The van der Waals surface area contributed by atoms with Crippen LogP contribution in [0.1, 0.15) is 59.4 Å². The van der Waals surface area contributed by atoms with Crippen LogP contribution >= 0.6 is 0 Å². The first-order chi connectivity index (χ1) is 14.0. The Hall–Kier alpha value is -3.01. The molecule has 2 heterocycles. The van der Waals surface area contributed by atoms with Gasteiger partial charge in [0.1, 0.15) is 0 Å². The van der Waals surface area contributed by atoms with Crippen molar-refractivity contribution in [2.75, 3.05) is 7.05 Å². The average molecular weight is 388 g/mol. The average Bonchev–Trinajstić information content (AvgIpc) is 2.76. The lowest BCUT2D eigenvalue weighted by Gasteiger charge is -2.28. The molecule has 4 nitrogen and oxygen atoms in total. The molecule has 1 aromatic carbocycles. The first-order valence-corrected chi connectivity index (χ1v) is 10.2. The van der Waals surface area contributed by atoms with E-state index in [9.17, 15) is 4.79 Å². The lowest BCUT2D eigenvalue weighted by Crippen LogP contribution is -2.31. The van der Waals surface area contributed by atoms with Crippen LogP contribution < -0.4 is 0 Å². The Morgan fingerprint density at radius 2 is 1.83 bits per heavy atom. The van der Waals surface area contributed by atoms with Crippen LogP contribution in [0.25, 0.3) is 11.3 Å². The van der Waals surface area contributed by atoms with E-state index >= 15 is 0 Å². The van der Waals surface area contributed by atoms with Crippen LogP contribution in [-0.4, -0.2) is 27.8 Å². The van der Waals surface area contributed by atoms with Crippen LogP contribution in [-0.2, 0) is 0 Å². The highest BCUT2D eigenvalue weighted by atomic mass is 16.2. The predicted octanol–water partition coefficient (Wildman–Crippen LogP) is 5.76. The van der Waals surface area contributed by atoms with Gasteiger partial charge in [-0.3, -0.25) is 14.8 Å². The highest BCUT2D eigenvalue weighted by Gasteiger charge is 2.22. The maximum Gasteiger partial charge on any atom is 0.254 e. The maximum atomic E-state index is 13.2. The lowest BCUT2D eigenvalue weighted by atomic mass is 10.00. The number of hydrogen-bond acceptors (Lipinski definition) is 3. The number of benzene rings is 1. The van der Waals surface area contributed by atoms with E-state index in [2.05, 4.69) is 29.9 Å². The molecule has 0 aliphatic rings. The van der Waals surface area contributed by atoms with Crippen molar-refractivity contribution in [2.24, 2.45) is 0 Å². The van der Waals surface area contributed by atoms with E-state index in [0.717, 1.165) is 41.8 Å². The van der Waals surface area contributed by atoms with Crippen LogP contribution in [0.2, 0.25) is 0 Å². The van der Waals surface area contributed by atoms with Gasteiger partial charge in [0.05, 0.1) is 11.7 Å². The maximum absolute atomic E-state index is 13.2. The fourth-order valence-corrected chi connectivity index (χ4v) is 3.47. The zero-order valence-electron chi connectivity index (χ0n) is 17.7. The summed E-state index contributed by atoms with van der Waals surface area (Å²) >= 11 is 0. The van der Waals surface area contributed by atoms with E-state index in [4.69, 9.17) is 0 Å². The summed E-state index contributed by atoms with van der Waals surface area (Å²) in [4.78, 5) is 23.9. The second-order valence-corrected chi connectivity index (χ2v) is 7.54. The Balaban J connectivity index is 1.81. The van der Waals surface area contributed by atoms with Crippen LogP contribution in [0.3, 0.4) is 0 Å². The fraction of sp³-hybridized carbons (Fsp3) is 0.320. The predicted molar refractivity (Wildman–Crippen MR) is 118 cm³/mol. The van der Waals surface area contributed by atoms with E-state index in [1.165, 1.54) is 5.56 Å². The fourth-order valence-electron chi connectivity index (χ4n) is 3.47. The molecular formula is C25H29N3O. The summed E-state index contributed by atoms with van der Waals surface area (Å²) in [5.74, 6) is 0.0227. The molecule has 4 heteroatoms. The molecular weight excluding hydrogens is 358 g/mol. The summed E-state index contributed by atoms with van der Waals surface area (Å²) in [5.41, 5.74) is 5.91. The minimum atomic E-state index is 0.0227. The molecule has 29 heavy (non-hydrogen) atoms. The first kappa shape index (κ1) is 20.7. The molecule has 3 rings (SSSR count). The molecule has 0 radical (unpaired) electrons. The van der Waals surface area contributed by atoms with Crippen LogP contribution in [0.5, 0.6) is 0 Å². The summed E-state index contributed by atoms with van der Waals surface area (Å²) in [6, 6.07) is 15.8. The van der Waals surface area contributed by atoms with E-state index in [-0.39, 0.29) is 11.9 Å². The monoisotopic (exact) mass is 387 g/mol. The second kappa shape index (κ2) is 9.46. The zero-order chi connectivity index (χ0) is 20.8. The Labute approximate surface area is 173 Å². The number of aromatic nitrogens is 2. The number of pyridine rings is 2. The van der Waals surface area contributed by atoms with E-state index in [0.29, 0.717) is 5.56 Å². The standard InChI is InChI=1S/C25H29N3O/c1-5-6-9-24(22-8-7-16-26-17-22)28(4)25(29)21-13-11-20(12-14-21)23-15-10-18(2)19(3)27-23/h7-8,10-17,24H,5-6,9H2,1-4H3/t24-/m0/s1. The molecule has 0 aliphatic carbocycles. The quantitative estimate of drug-likeness (QED) is 0.517. The van der Waals surface area contributed by atoms with Gasteiger partial charge in [-0.25, -0.2) is 0 Å². The van der Waals surface area contributed by atoms with Crippen molar-refractivity contribution in [3.05, 3.63) is 83.3 Å². The normalized spacial score (nSPS) is 11.9. The molecule has 0 bridgehead atoms. The topological polar surface area (TPSA) is 46.1 Å². The van der Waals surface area contributed by atoms with Crippen molar-refractivity contribution in [1.82, 2.24) is 14.9 Å². The molecule has 0 spiro atoms. The van der Waals surface area contributed by atoms with E-state index in [1.807, 2.05) is 67.5 Å². The number of hydrogen-bond donors (Lipinski definition) is 0. The number of rotatable bonds is 7. The summed E-state index contributed by atoms with van der Waals surface area (Å²) in [6.45, 7) is 6.24. The number of amides is 1. The van der Waals surface area contributed by atoms with Crippen molar-refractivity contribution in [3.63, 3.8) is 0 Å². The summed E-state index contributed by atoms with van der Waals surface area (Å²) < 4.78 is 0. The third-order valence-corrected chi connectivity index (χ3v) is 5.47. The summed E-state index contributed by atoms with van der Waals surface area (Å²) in [5, 5.41) is 0. The highest BCUT2D eigenvalue weighted by Crippen LogP contribution is 2.27. The Morgan fingerprint density at radius 3 is 2.45 bits per heavy atom. The number of carbonyl (C=O) groups excluding carboxylic acids is 1. The number of carbonyl (C=O) groups is 1. The van der Waals surface area contributed by atoms with Gasteiger partial charge in [0, 0.05) is 36.3 Å². The lowest BCUT2D eigenvalue weighted by molar-refractivity contribution is 0.0720. The third kappa shape index (κ3) is 4.89. The molecule has 2 aromatic heterocycles. The third-order valence-electron chi connectivity index (χ3n) is 5.47. The van der Waals surface area contributed by atoms with E-state index in [1.54, 1.807) is 6.20 Å². The highest BCUT2D eigenvalue weighted by molar-refractivity contribution is 5.94. The zero-order valence-corrected chi connectivity index (χ0v) is 17.7. The van der Waals surface area contributed by atoms with Crippen molar-refractivity contribution in [3.8, 4) is 11.3 Å². The van der Waals surface area contributed by atoms with Crippen molar-refractivity contribution in [2.45, 2.75) is 46.1 Å². The molecule has 0 N–H and O–H groups in total. The number of nitrogens with zero attached hydrogens (tertiary/aromatic N) is 3. The molecule has 3 aromatic rings. The van der Waals surface area contributed by atoms with Gasteiger partial charge in [0.2, 0.25) is 0 Å². The van der Waals surface area contributed by atoms with Gasteiger partial charge in [-0.05, 0) is 55.7 Å². The largest absolute Gasteiger partial charge is 0.335 e. The molecule has 0 saturated carbocycles. The van der Waals surface area contributed by atoms with Crippen molar-refractivity contribution >= 4 is 5.91 Å². The molecule has 0 aliphatic heterocycles. The second-order valence-electron chi connectivity index (χ2n) is 7.54. The van der Waals surface area contributed by atoms with Gasteiger partial charge in [0.25, 0.3) is 5.91 Å². The van der Waals surface area contributed by atoms with Crippen molar-refractivity contribution in [1.29, 1.82) is 0 Å². The smallest absolute Gasteiger partial charge is 0.254 e. The summed E-state index contributed by atoms with van der Waals surface area (Å²) in [6.07, 6.45) is 6.71. The minimum absolute atomic E-state index is 0.0227. The minimum Gasteiger partial charge on any atom is -0.335 e.